The minimum atomic E-state index is -1.02. The molecule has 1 saturated heterocycles. The van der Waals surface area contributed by atoms with Gasteiger partial charge in [0.25, 0.3) is 0 Å². The second-order valence-electron chi connectivity index (χ2n) is 5.89. The molecule has 8 heteroatoms. The predicted octanol–water partition coefficient (Wildman–Crippen LogP) is 1.87. The van der Waals surface area contributed by atoms with Gasteiger partial charge in [-0.25, -0.2) is 14.2 Å². The van der Waals surface area contributed by atoms with E-state index in [1.54, 1.807) is 6.20 Å². The van der Waals surface area contributed by atoms with E-state index in [0.717, 1.165) is 24.2 Å². The molecule has 1 fully saturated rings. The number of benzene rings is 1. The van der Waals surface area contributed by atoms with Crippen LogP contribution >= 0.6 is 12.4 Å². The Bertz CT molecular complexity index is 677. The molecule has 3 unspecified atom stereocenters. The number of halogens is 3. The monoisotopic (exact) mass is 370 g/mol. The normalized spacial score (nSPS) is 20.9. The molecule has 136 valence electrons. The number of nitrogens with zero attached hydrogens (tertiary/aromatic N) is 1. The molecule has 0 bridgehead atoms. The van der Waals surface area contributed by atoms with Crippen LogP contribution in [0.5, 0.6) is 0 Å². The molecule has 0 saturated carbocycles. The molecule has 25 heavy (non-hydrogen) atoms. The molecular formula is C17H21ClF2N4O. The fourth-order valence-corrected chi connectivity index (χ4v) is 2.93. The molecule has 0 spiro atoms. The quantitative estimate of drug-likeness (QED) is 0.625. The summed E-state index contributed by atoms with van der Waals surface area (Å²) in [6.45, 7) is 1.60. The first kappa shape index (κ1) is 19.7. The van der Waals surface area contributed by atoms with Crippen molar-refractivity contribution in [3.8, 4) is 0 Å². The highest BCUT2D eigenvalue weighted by atomic mass is 35.5. The summed E-state index contributed by atoms with van der Waals surface area (Å²) in [5, 5.41) is 13.2. The smallest absolute Gasteiger partial charge is 0.131 e. The highest BCUT2D eigenvalue weighted by Crippen LogP contribution is 2.24. The van der Waals surface area contributed by atoms with E-state index < -0.39 is 17.7 Å². The van der Waals surface area contributed by atoms with Crippen LogP contribution in [0.25, 0.3) is 0 Å². The number of rotatable bonds is 6. The third-order valence-corrected chi connectivity index (χ3v) is 4.20. The van der Waals surface area contributed by atoms with Crippen molar-refractivity contribution in [1.29, 1.82) is 0 Å². The summed E-state index contributed by atoms with van der Waals surface area (Å²) in [6, 6.07) is 7.21. The number of hydrazine groups is 1. The first-order valence-electron chi connectivity index (χ1n) is 7.87. The van der Waals surface area contributed by atoms with Crippen LogP contribution in [-0.4, -0.2) is 29.7 Å². The van der Waals surface area contributed by atoms with Crippen LogP contribution < -0.4 is 16.2 Å². The van der Waals surface area contributed by atoms with Gasteiger partial charge in [0.1, 0.15) is 11.6 Å². The summed E-state index contributed by atoms with van der Waals surface area (Å²) in [5.74, 6) is -1.12. The van der Waals surface area contributed by atoms with Crippen molar-refractivity contribution in [2.24, 2.45) is 5.92 Å². The number of aliphatic hydroxyl groups is 1. The standard InChI is InChI=1S/C17H20F2N4O.ClH/c18-13-3-4-14(15(19)6-13)16(24)10-21-8-12-9-22-23-17(12)11-2-1-5-20-7-11;/h1-7,12,16-17,21-24H,8-10H2;1H. The Morgan fingerprint density at radius 2 is 2.16 bits per heavy atom. The average Bonchev–Trinajstić information content (AvgIpc) is 3.04. The largest absolute Gasteiger partial charge is 0.387 e. The van der Waals surface area contributed by atoms with E-state index in [9.17, 15) is 13.9 Å². The predicted molar refractivity (Wildman–Crippen MR) is 93.0 cm³/mol. The maximum Gasteiger partial charge on any atom is 0.131 e. The lowest BCUT2D eigenvalue weighted by Crippen LogP contribution is -2.31. The molecule has 0 aliphatic carbocycles. The third kappa shape index (κ3) is 4.93. The summed E-state index contributed by atoms with van der Waals surface area (Å²) >= 11 is 0. The van der Waals surface area contributed by atoms with Crippen molar-refractivity contribution in [2.45, 2.75) is 12.1 Å². The van der Waals surface area contributed by atoms with E-state index >= 15 is 0 Å². The molecular weight excluding hydrogens is 350 g/mol. The van der Waals surface area contributed by atoms with E-state index in [1.807, 2.05) is 18.3 Å². The van der Waals surface area contributed by atoms with Gasteiger partial charge < -0.3 is 10.4 Å². The second-order valence-corrected chi connectivity index (χ2v) is 5.89. The molecule has 3 atom stereocenters. The molecule has 0 amide bonds. The summed E-state index contributed by atoms with van der Waals surface area (Å²) < 4.78 is 26.6. The molecule has 3 rings (SSSR count). The molecule has 1 aliphatic rings. The van der Waals surface area contributed by atoms with Gasteiger partial charge in [-0.2, -0.15) is 0 Å². The van der Waals surface area contributed by atoms with Crippen molar-refractivity contribution in [1.82, 2.24) is 21.2 Å². The summed E-state index contributed by atoms with van der Waals surface area (Å²) in [4.78, 5) is 4.13. The SMILES string of the molecule is Cl.OC(CNCC1CNNC1c1cccnc1)c1ccc(F)cc1F. The lowest BCUT2D eigenvalue weighted by molar-refractivity contribution is 0.167. The maximum atomic E-state index is 13.7. The van der Waals surface area contributed by atoms with E-state index in [2.05, 4.69) is 21.2 Å². The van der Waals surface area contributed by atoms with Crippen LogP contribution in [0.1, 0.15) is 23.3 Å². The van der Waals surface area contributed by atoms with Crippen LogP contribution in [0.4, 0.5) is 8.78 Å². The van der Waals surface area contributed by atoms with Gasteiger partial charge in [0.15, 0.2) is 0 Å². The number of pyridine rings is 1. The van der Waals surface area contributed by atoms with Crippen LogP contribution in [0, 0.1) is 17.6 Å². The highest BCUT2D eigenvalue weighted by Gasteiger charge is 2.28. The van der Waals surface area contributed by atoms with E-state index in [4.69, 9.17) is 0 Å². The van der Waals surface area contributed by atoms with Gasteiger partial charge >= 0.3 is 0 Å². The van der Waals surface area contributed by atoms with Crippen molar-refractivity contribution in [2.75, 3.05) is 19.6 Å². The molecule has 4 N–H and O–H groups in total. The summed E-state index contributed by atoms with van der Waals surface area (Å²) in [5.41, 5.74) is 7.51. The van der Waals surface area contributed by atoms with Gasteiger partial charge in [-0.3, -0.25) is 10.4 Å². The average molecular weight is 371 g/mol. The highest BCUT2D eigenvalue weighted by molar-refractivity contribution is 5.85. The lowest BCUT2D eigenvalue weighted by Gasteiger charge is -2.20. The Balaban J connectivity index is 0.00000225. The Morgan fingerprint density at radius 3 is 2.88 bits per heavy atom. The van der Waals surface area contributed by atoms with Crippen LogP contribution in [0.15, 0.2) is 42.7 Å². The maximum absolute atomic E-state index is 13.7. The minimum Gasteiger partial charge on any atom is -0.387 e. The summed E-state index contributed by atoms with van der Waals surface area (Å²) in [6.07, 6.45) is 2.53. The van der Waals surface area contributed by atoms with Crippen molar-refractivity contribution < 1.29 is 13.9 Å². The topological polar surface area (TPSA) is 69.2 Å². The molecule has 5 nitrogen and oxygen atoms in total. The molecule has 2 heterocycles. The van der Waals surface area contributed by atoms with Gasteiger partial charge in [-0.15, -0.1) is 12.4 Å². The first-order valence-corrected chi connectivity index (χ1v) is 7.87. The molecule has 0 radical (unpaired) electrons. The zero-order valence-electron chi connectivity index (χ0n) is 13.5. The van der Waals surface area contributed by atoms with Crippen LogP contribution in [0.3, 0.4) is 0 Å². The van der Waals surface area contributed by atoms with Gasteiger partial charge in [-0.1, -0.05) is 12.1 Å². The number of aromatic nitrogens is 1. The zero-order chi connectivity index (χ0) is 16.9. The fourth-order valence-electron chi connectivity index (χ4n) is 2.93. The number of hydrogen-bond acceptors (Lipinski definition) is 5. The van der Waals surface area contributed by atoms with E-state index in [1.165, 1.54) is 6.07 Å². The zero-order valence-corrected chi connectivity index (χ0v) is 14.3. The minimum absolute atomic E-state index is 0. The van der Waals surface area contributed by atoms with Crippen molar-refractivity contribution in [3.05, 3.63) is 65.5 Å². The van der Waals surface area contributed by atoms with Gasteiger partial charge in [0.05, 0.1) is 12.1 Å². The Labute approximate surface area is 151 Å². The molecule has 2 aromatic rings. The van der Waals surface area contributed by atoms with Crippen molar-refractivity contribution >= 4 is 12.4 Å². The number of hydrogen-bond donors (Lipinski definition) is 4. The van der Waals surface area contributed by atoms with E-state index in [-0.39, 0.29) is 36.5 Å². The molecule has 1 aromatic heterocycles. The van der Waals surface area contributed by atoms with Gasteiger partial charge in [0, 0.05) is 49.6 Å². The number of nitrogens with one attached hydrogen (secondary N) is 3. The Hall–Kier alpha value is -1.64. The third-order valence-electron chi connectivity index (χ3n) is 4.20. The van der Waals surface area contributed by atoms with Crippen LogP contribution in [-0.2, 0) is 0 Å². The van der Waals surface area contributed by atoms with Crippen molar-refractivity contribution in [3.63, 3.8) is 0 Å². The van der Waals surface area contributed by atoms with E-state index in [0.29, 0.717) is 6.54 Å². The number of aliphatic hydroxyl groups excluding tert-OH is 1. The van der Waals surface area contributed by atoms with Gasteiger partial charge in [-0.05, 0) is 17.7 Å². The van der Waals surface area contributed by atoms with Gasteiger partial charge in [0.2, 0.25) is 0 Å². The Morgan fingerprint density at radius 1 is 1.32 bits per heavy atom. The van der Waals surface area contributed by atoms with Crippen LogP contribution in [0.2, 0.25) is 0 Å². The lowest BCUT2D eigenvalue weighted by atomic mass is 9.96. The molecule has 1 aliphatic heterocycles. The first-order chi connectivity index (χ1) is 11.6. The summed E-state index contributed by atoms with van der Waals surface area (Å²) in [7, 11) is 0. The fraction of sp³-hybridized carbons (Fsp3) is 0.353. The molecule has 1 aromatic carbocycles. The second kappa shape index (κ2) is 9.17. The Kier molecular flexibility index (Phi) is 7.22.